The molecule has 0 unspecified atom stereocenters. The molecule has 0 saturated carbocycles. The molecule has 1 atom stereocenters. The van der Waals surface area contributed by atoms with E-state index in [2.05, 4.69) is 5.10 Å². The van der Waals surface area contributed by atoms with E-state index in [0.29, 0.717) is 18.9 Å². The van der Waals surface area contributed by atoms with Crippen LogP contribution in [0.4, 0.5) is 5.82 Å². The molecule has 0 spiro atoms. The summed E-state index contributed by atoms with van der Waals surface area (Å²) in [5.74, 6) is 0.414. The maximum absolute atomic E-state index is 12.3. The largest absolute Gasteiger partial charge is 0.352 e. The smallest absolute Gasteiger partial charge is 0.332 e. The number of hydrogen-bond donors (Lipinski definition) is 0. The van der Waals surface area contributed by atoms with E-state index in [1.54, 1.807) is 13.2 Å². The molecule has 2 aromatic rings. The summed E-state index contributed by atoms with van der Waals surface area (Å²) in [4.78, 5) is 26.6. The van der Waals surface area contributed by atoms with Gasteiger partial charge >= 0.3 is 5.69 Å². The van der Waals surface area contributed by atoms with Crippen LogP contribution >= 0.6 is 0 Å². The zero-order valence-electron chi connectivity index (χ0n) is 14.1. The quantitative estimate of drug-likeness (QED) is 0.799. The topological polar surface area (TPSA) is 88.8 Å². The van der Waals surface area contributed by atoms with Gasteiger partial charge in [0.25, 0.3) is 5.56 Å². The van der Waals surface area contributed by atoms with Crippen LogP contribution in [-0.2, 0) is 20.6 Å². The van der Waals surface area contributed by atoms with Crippen molar-refractivity contribution in [2.24, 2.45) is 14.1 Å². The van der Waals surface area contributed by atoms with Gasteiger partial charge in [-0.05, 0) is 25.3 Å². The summed E-state index contributed by atoms with van der Waals surface area (Å²) in [7, 11) is 2.99. The summed E-state index contributed by atoms with van der Waals surface area (Å²) in [6.45, 7) is 3.34. The van der Waals surface area contributed by atoms with Crippen LogP contribution in [0.5, 0.6) is 0 Å². The maximum Gasteiger partial charge on any atom is 0.332 e. The standard InChI is InChI=1S/C16H20N6O2/c1-11-8-18-21(9-11)10-12-5-4-6-22(12)14-13(7-17)15(23)20(3)16(24)19(14)2/h8-9,12H,4-6,10H2,1-3H3/t12-/m0/s1. The summed E-state index contributed by atoms with van der Waals surface area (Å²) < 4.78 is 4.24. The minimum absolute atomic E-state index is 0.0168. The number of rotatable bonds is 3. The van der Waals surface area contributed by atoms with Crippen molar-refractivity contribution in [1.29, 1.82) is 5.26 Å². The second-order valence-electron chi connectivity index (χ2n) is 6.25. The lowest BCUT2D eigenvalue weighted by molar-refractivity contribution is 0.501. The van der Waals surface area contributed by atoms with Crippen LogP contribution in [0.1, 0.15) is 24.0 Å². The van der Waals surface area contributed by atoms with Gasteiger partial charge in [-0.15, -0.1) is 0 Å². The predicted molar refractivity (Wildman–Crippen MR) is 89.0 cm³/mol. The van der Waals surface area contributed by atoms with E-state index in [0.717, 1.165) is 23.0 Å². The maximum atomic E-state index is 12.3. The predicted octanol–water partition coefficient (Wildman–Crippen LogP) is 0.130. The molecular formula is C16H20N6O2. The molecular weight excluding hydrogens is 308 g/mol. The Hall–Kier alpha value is -2.82. The van der Waals surface area contributed by atoms with Gasteiger partial charge in [-0.2, -0.15) is 10.4 Å². The highest BCUT2D eigenvalue weighted by molar-refractivity contribution is 5.54. The van der Waals surface area contributed by atoms with E-state index in [9.17, 15) is 14.9 Å². The Morgan fingerprint density at radius 2 is 2.08 bits per heavy atom. The molecule has 0 amide bonds. The fraction of sp³-hybridized carbons (Fsp3) is 0.500. The lowest BCUT2D eigenvalue weighted by Crippen LogP contribution is -2.44. The van der Waals surface area contributed by atoms with Gasteiger partial charge in [0.1, 0.15) is 11.9 Å². The Morgan fingerprint density at radius 1 is 1.33 bits per heavy atom. The van der Waals surface area contributed by atoms with Gasteiger partial charge in [-0.25, -0.2) is 4.79 Å². The number of aryl methyl sites for hydroxylation is 1. The molecule has 0 aromatic carbocycles. The Bertz CT molecular complexity index is 930. The normalized spacial score (nSPS) is 17.2. The van der Waals surface area contributed by atoms with Crippen molar-refractivity contribution in [3.63, 3.8) is 0 Å². The van der Waals surface area contributed by atoms with Gasteiger partial charge in [-0.1, -0.05) is 0 Å². The molecule has 0 aliphatic carbocycles. The van der Waals surface area contributed by atoms with Crippen LogP contribution in [0.25, 0.3) is 0 Å². The molecule has 3 rings (SSSR count). The molecule has 1 fully saturated rings. The summed E-state index contributed by atoms with van der Waals surface area (Å²) in [5.41, 5.74) is 0.132. The van der Waals surface area contributed by atoms with Crippen molar-refractivity contribution in [2.75, 3.05) is 11.4 Å². The van der Waals surface area contributed by atoms with Crippen LogP contribution in [-0.4, -0.2) is 31.5 Å². The van der Waals surface area contributed by atoms with E-state index >= 15 is 0 Å². The molecule has 3 heterocycles. The van der Waals surface area contributed by atoms with Crippen molar-refractivity contribution >= 4 is 5.82 Å². The van der Waals surface area contributed by atoms with Crippen molar-refractivity contribution in [1.82, 2.24) is 18.9 Å². The Balaban J connectivity index is 2.06. The molecule has 1 saturated heterocycles. The zero-order chi connectivity index (χ0) is 17.4. The van der Waals surface area contributed by atoms with E-state index in [4.69, 9.17) is 0 Å². The molecule has 8 nitrogen and oxygen atoms in total. The van der Waals surface area contributed by atoms with Gasteiger partial charge < -0.3 is 4.90 Å². The third-order valence-corrected chi connectivity index (χ3v) is 4.55. The monoisotopic (exact) mass is 328 g/mol. The van der Waals surface area contributed by atoms with E-state index in [1.807, 2.05) is 28.8 Å². The Labute approximate surface area is 139 Å². The van der Waals surface area contributed by atoms with Gasteiger partial charge in [0.15, 0.2) is 5.56 Å². The number of aromatic nitrogens is 4. The third-order valence-electron chi connectivity index (χ3n) is 4.55. The molecule has 24 heavy (non-hydrogen) atoms. The van der Waals surface area contributed by atoms with Crippen LogP contribution in [0.3, 0.4) is 0 Å². The highest BCUT2D eigenvalue weighted by Crippen LogP contribution is 2.26. The van der Waals surface area contributed by atoms with E-state index < -0.39 is 11.2 Å². The van der Waals surface area contributed by atoms with Crippen LogP contribution in [0.15, 0.2) is 22.0 Å². The molecule has 0 bridgehead atoms. The highest BCUT2D eigenvalue weighted by Gasteiger charge is 2.30. The first kappa shape index (κ1) is 16.1. The lowest BCUT2D eigenvalue weighted by atomic mass is 10.2. The number of nitriles is 1. The second-order valence-corrected chi connectivity index (χ2v) is 6.25. The molecule has 0 radical (unpaired) electrons. The summed E-state index contributed by atoms with van der Waals surface area (Å²) >= 11 is 0. The van der Waals surface area contributed by atoms with Crippen molar-refractivity contribution in [3.8, 4) is 6.07 Å². The van der Waals surface area contributed by atoms with Crippen molar-refractivity contribution in [3.05, 3.63) is 44.4 Å². The van der Waals surface area contributed by atoms with Gasteiger partial charge in [-0.3, -0.25) is 18.6 Å². The van der Waals surface area contributed by atoms with Gasteiger partial charge in [0, 0.05) is 26.8 Å². The van der Waals surface area contributed by atoms with Crippen LogP contribution < -0.4 is 16.1 Å². The first-order chi connectivity index (χ1) is 11.4. The van der Waals surface area contributed by atoms with Crippen LogP contribution in [0, 0.1) is 18.3 Å². The van der Waals surface area contributed by atoms with Gasteiger partial charge in [0.2, 0.25) is 0 Å². The molecule has 8 heteroatoms. The zero-order valence-corrected chi connectivity index (χ0v) is 14.1. The van der Waals surface area contributed by atoms with Crippen LogP contribution in [0.2, 0.25) is 0 Å². The summed E-state index contributed by atoms with van der Waals surface area (Å²) in [6.07, 6.45) is 5.63. The average Bonchev–Trinajstić information content (AvgIpc) is 3.18. The molecule has 0 N–H and O–H groups in total. The molecule has 2 aromatic heterocycles. The first-order valence-corrected chi connectivity index (χ1v) is 7.90. The fourth-order valence-electron chi connectivity index (χ4n) is 3.35. The summed E-state index contributed by atoms with van der Waals surface area (Å²) in [6, 6.07) is 2.07. The van der Waals surface area contributed by atoms with Gasteiger partial charge in [0.05, 0.1) is 18.8 Å². The number of hydrogen-bond acceptors (Lipinski definition) is 5. The molecule has 1 aliphatic rings. The molecule has 126 valence electrons. The van der Waals surface area contributed by atoms with E-state index in [1.165, 1.54) is 11.6 Å². The van der Waals surface area contributed by atoms with Crippen molar-refractivity contribution in [2.45, 2.75) is 32.4 Å². The Kier molecular flexibility index (Phi) is 4.01. The SMILES string of the molecule is Cc1cnn(C[C@@H]2CCCN2c2c(C#N)c(=O)n(C)c(=O)n2C)c1. The second kappa shape index (κ2) is 6.00. The minimum Gasteiger partial charge on any atom is -0.352 e. The third kappa shape index (κ3) is 2.52. The molecule has 1 aliphatic heterocycles. The minimum atomic E-state index is -0.545. The first-order valence-electron chi connectivity index (χ1n) is 7.90. The highest BCUT2D eigenvalue weighted by atomic mass is 16.2. The average molecular weight is 328 g/mol. The number of nitrogens with zero attached hydrogens (tertiary/aromatic N) is 6. The fourth-order valence-corrected chi connectivity index (χ4v) is 3.35. The summed E-state index contributed by atoms with van der Waals surface area (Å²) in [5, 5.41) is 13.8. The van der Waals surface area contributed by atoms with E-state index in [-0.39, 0.29) is 11.6 Å². The van der Waals surface area contributed by atoms with Crippen molar-refractivity contribution < 1.29 is 0 Å². The lowest BCUT2D eigenvalue weighted by Gasteiger charge is -2.29. The number of anilines is 1. The Morgan fingerprint density at radius 3 is 2.71 bits per heavy atom.